The van der Waals surface area contributed by atoms with E-state index in [0.717, 1.165) is 0 Å². The molecule has 0 aliphatic carbocycles. The monoisotopic (exact) mass is 367 g/mol. The van der Waals surface area contributed by atoms with E-state index >= 15 is 0 Å². The maximum Gasteiger partial charge on any atom is 0.387 e. The van der Waals surface area contributed by atoms with Crippen molar-refractivity contribution in [2.75, 3.05) is 7.11 Å². The molecule has 0 amide bonds. The summed E-state index contributed by atoms with van der Waals surface area (Å²) in [6.07, 6.45) is -1.04. The van der Waals surface area contributed by atoms with E-state index in [2.05, 4.69) is 4.74 Å². The summed E-state index contributed by atoms with van der Waals surface area (Å²) in [4.78, 5) is 22.9. The van der Waals surface area contributed by atoms with Crippen molar-refractivity contribution in [3.8, 4) is 17.2 Å². The number of nitro benzene ring substituents is 1. The number of Topliss-reactive ketones (excluding diaryl/α,β-unsaturated/α-hetero) is 1. The maximum atomic E-state index is 12.4. The highest BCUT2D eigenvalue weighted by atomic mass is 19.3. The normalized spacial score (nSPS) is 11.7. The number of benzene rings is 2. The molecule has 0 aliphatic heterocycles. The summed E-state index contributed by atoms with van der Waals surface area (Å²) in [6, 6.07) is 9.05. The molecule has 9 heteroatoms. The van der Waals surface area contributed by atoms with Gasteiger partial charge in [-0.15, -0.1) is 0 Å². The lowest BCUT2D eigenvalue weighted by atomic mass is 10.1. The first-order chi connectivity index (χ1) is 12.3. The lowest BCUT2D eigenvalue weighted by molar-refractivity contribution is -0.386. The van der Waals surface area contributed by atoms with Gasteiger partial charge in [0, 0.05) is 5.56 Å². The second-order valence-corrected chi connectivity index (χ2v) is 5.12. The van der Waals surface area contributed by atoms with Gasteiger partial charge in [-0.05, 0) is 43.3 Å². The fraction of sp³-hybridized carbons (Fsp3) is 0.235. The standard InChI is InChI=1S/C17H15F2NO6/c1-10(16(21)11-3-5-12(6-4-11)26-17(18)19)25-15-8-7-13(24-2)9-14(15)20(22)23/h3-10,17H,1-2H3/t10-/m0/s1. The number of ketones is 1. The molecule has 0 radical (unpaired) electrons. The van der Waals surface area contributed by atoms with Gasteiger partial charge < -0.3 is 14.2 Å². The number of methoxy groups -OCH3 is 1. The first kappa shape index (κ1) is 19.1. The molecule has 2 rings (SSSR count). The van der Waals surface area contributed by atoms with Crippen molar-refractivity contribution in [1.29, 1.82) is 0 Å². The second kappa shape index (κ2) is 8.24. The van der Waals surface area contributed by atoms with Gasteiger partial charge in [0.15, 0.2) is 11.9 Å². The van der Waals surface area contributed by atoms with E-state index in [1.165, 1.54) is 56.5 Å². The quantitative estimate of drug-likeness (QED) is 0.400. The molecule has 0 bridgehead atoms. The Kier molecular flexibility index (Phi) is 6.05. The van der Waals surface area contributed by atoms with Crippen LogP contribution < -0.4 is 14.2 Å². The molecule has 0 spiro atoms. The third-order valence-corrected chi connectivity index (χ3v) is 3.40. The van der Waals surface area contributed by atoms with Crippen LogP contribution in [0.15, 0.2) is 42.5 Å². The molecule has 7 nitrogen and oxygen atoms in total. The summed E-state index contributed by atoms with van der Waals surface area (Å²) in [5.41, 5.74) is -0.153. The highest BCUT2D eigenvalue weighted by Gasteiger charge is 2.23. The number of hydrogen-bond acceptors (Lipinski definition) is 6. The van der Waals surface area contributed by atoms with E-state index in [1.807, 2.05) is 0 Å². The maximum absolute atomic E-state index is 12.4. The van der Waals surface area contributed by atoms with Crippen LogP contribution in [0.3, 0.4) is 0 Å². The molecule has 138 valence electrons. The van der Waals surface area contributed by atoms with Gasteiger partial charge in [0.1, 0.15) is 11.5 Å². The van der Waals surface area contributed by atoms with Crippen molar-refractivity contribution in [3.05, 3.63) is 58.1 Å². The molecule has 0 N–H and O–H groups in total. The lowest BCUT2D eigenvalue weighted by Crippen LogP contribution is -2.24. The van der Waals surface area contributed by atoms with E-state index in [4.69, 9.17) is 9.47 Å². The van der Waals surface area contributed by atoms with Crippen molar-refractivity contribution in [1.82, 2.24) is 0 Å². The molecule has 0 saturated heterocycles. The molecular weight excluding hydrogens is 352 g/mol. The molecule has 1 atom stereocenters. The minimum absolute atomic E-state index is 0.0871. The van der Waals surface area contributed by atoms with Crippen molar-refractivity contribution in [3.63, 3.8) is 0 Å². The Morgan fingerprint density at radius 1 is 1.08 bits per heavy atom. The Hall–Kier alpha value is -3.23. The predicted octanol–water partition coefficient (Wildman–Crippen LogP) is 3.86. The minimum Gasteiger partial charge on any atom is -0.496 e. The van der Waals surface area contributed by atoms with Gasteiger partial charge in [-0.2, -0.15) is 8.78 Å². The van der Waals surface area contributed by atoms with E-state index in [0.29, 0.717) is 0 Å². The van der Waals surface area contributed by atoms with Gasteiger partial charge in [0.2, 0.25) is 5.78 Å². The number of alkyl halides is 2. The van der Waals surface area contributed by atoms with Crippen LogP contribution in [-0.4, -0.2) is 30.5 Å². The van der Waals surface area contributed by atoms with E-state index < -0.39 is 23.4 Å². The number of carbonyl (C=O) groups is 1. The molecule has 2 aromatic rings. The largest absolute Gasteiger partial charge is 0.496 e. The average molecular weight is 367 g/mol. The minimum atomic E-state index is -2.96. The van der Waals surface area contributed by atoms with Gasteiger partial charge in [0.25, 0.3) is 0 Å². The highest BCUT2D eigenvalue weighted by Crippen LogP contribution is 2.32. The third-order valence-electron chi connectivity index (χ3n) is 3.40. The summed E-state index contributed by atoms with van der Waals surface area (Å²) >= 11 is 0. The van der Waals surface area contributed by atoms with E-state index in [-0.39, 0.29) is 28.5 Å². The molecule has 26 heavy (non-hydrogen) atoms. The number of rotatable bonds is 8. The van der Waals surface area contributed by atoms with Crippen LogP contribution in [0, 0.1) is 10.1 Å². The van der Waals surface area contributed by atoms with Crippen LogP contribution in [0.4, 0.5) is 14.5 Å². The average Bonchev–Trinajstić information content (AvgIpc) is 2.61. The molecule has 0 unspecified atom stereocenters. The number of nitrogens with zero attached hydrogens (tertiary/aromatic N) is 1. The first-order valence-electron chi connectivity index (χ1n) is 7.40. The summed E-state index contributed by atoms with van der Waals surface area (Å²) in [7, 11) is 1.37. The van der Waals surface area contributed by atoms with E-state index in [9.17, 15) is 23.7 Å². The number of halogens is 2. The summed E-state index contributed by atoms with van der Waals surface area (Å²) in [6.45, 7) is -1.53. The summed E-state index contributed by atoms with van der Waals surface area (Å²) in [5.74, 6) is -0.374. The van der Waals surface area contributed by atoms with Crippen LogP contribution >= 0.6 is 0 Å². The molecule has 2 aromatic carbocycles. The van der Waals surface area contributed by atoms with Gasteiger partial charge in [-0.1, -0.05) is 0 Å². The van der Waals surface area contributed by atoms with E-state index in [1.54, 1.807) is 0 Å². The Morgan fingerprint density at radius 3 is 2.23 bits per heavy atom. The van der Waals surface area contributed by atoms with Crippen LogP contribution in [-0.2, 0) is 0 Å². The Balaban J connectivity index is 2.15. The zero-order chi connectivity index (χ0) is 19.3. The van der Waals surface area contributed by atoms with Crippen molar-refractivity contribution >= 4 is 11.5 Å². The molecule has 0 fully saturated rings. The Morgan fingerprint density at radius 2 is 1.69 bits per heavy atom. The Labute approximate surface area is 147 Å². The first-order valence-corrected chi connectivity index (χ1v) is 7.40. The van der Waals surface area contributed by atoms with Crippen LogP contribution in [0.5, 0.6) is 17.2 Å². The molecule has 0 aliphatic rings. The Bertz CT molecular complexity index is 794. The topological polar surface area (TPSA) is 87.9 Å². The molecule has 0 heterocycles. The zero-order valence-electron chi connectivity index (χ0n) is 13.8. The zero-order valence-corrected chi connectivity index (χ0v) is 13.8. The summed E-state index contributed by atoms with van der Waals surface area (Å²) < 4.78 is 38.8. The van der Waals surface area contributed by atoms with Crippen LogP contribution in [0.1, 0.15) is 17.3 Å². The van der Waals surface area contributed by atoms with Crippen LogP contribution in [0.25, 0.3) is 0 Å². The fourth-order valence-corrected chi connectivity index (χ4v) is 2.15. The number of carbonyl (C=O) groups excluding carboxylic acids is 1. The van der Waals surface area contributed by atoms with Crippen molar-refractivity contribution < 1.29 is 32.7 Å². The smallest absolute Gasteiger partial charge is 0.387 e. The molecular formula is C17H15F2NO6. The van der Waals surface area contributed by atoms with Crippen LogP contribution in [0.2, 0.25) is 0 Å². The SMILES string of the molecule is COc1ccc(O[C@@H](C)C(=O)c2ccc(OC(F)F)cc2)c([N+](=O)[O-])c1. The predicted molar refractivity (Wildman–Crippen MR) is 87.1 cm³/mol. The van der Waals surface area contributed by atoms with Gasteiger partial charge in [-0.3, -0.25) is 14.9 Å². The molecule has 0 aromatic heterocycles. The highest BCUT2D eigenvalue weighted by molar-refractivity contribution is 5.99. The number of ether oxygens (including phenoxy) is 3. The van der Waals surface area contributed by atoms with Crippen molar-refractivity contribution in [2.45, 2.75) is 19.6 Å². The number of nitro groups is 1. The lowest BCUT2D eigenvalue weighted by Gasteiger charge is -2.14. The summed E-state index contributed by atoms with van der Waals surface area (Å²) in [5, 5.41) is 11.1. The van der Waals surface area contributed by atoms with Gasteiger partial charge in [-0.25, -0.2) is 0 Å². The second-order valence-electron chi connectivity index (χ2n) is 5.12. The number of hydrogen-bond donors (Lipinski definition) is 0. The third kappa shape index (κ3) is 4.65. The fourth-order valence-electron chi connectivity index (χ4n) is 2.15. The molecule has 0 saturated carbocycles. The van der Waals surface area contributed by atoms with Gasteiger partial charge in [0.05, 0.1) is 18.1 Å². The van der Waals surface area contributed by atoms with Crippen molar-refractivity contribution in [2.24, 2.45) is 0 Å². The van der Waals surface area contributed by atoms with Gasteiger partial charge >= 0.3 is 12.3 Å².